The molecule has 0 heterocycles. The Bertz CT molecular complexity index is 5200. The predicted molar refractivity (Wildman–Crippen MR) is 375 cm³/mol. The van der Waals surface area contributed by atoms with E-state index in [1.54, 1.807) is 0 Å². The molecule has 0 aromatic heterocycles. The van der Waals surface area contributed by atoms with Crippen molar-refractivity contribution in [2.45, 2.75) is 63.2 Å². The highest BCUT2D eigenvalue weighted by molar-refractivity contribution is 6.24. The molecule has 0 unspecified atom stereocenters. The zero-order valence-electron chi connectivity index (χ0n) is 51.1. The Labute approximate surface area is 521 Å². The minimum absolute atomic E-state index is 0.141. The van der Waals surface area contributed by atoms with E-state index in [-0.39, 0.29) is 16.2 Å². The minimum Gasteiger partial charge on any atom is -0.310 e. The standard InChI is InChI=1S/C88H65N/c1-85(2)77-34-20-17-31-65(77)69-44-39-58(49-81(69)85)89(59-40-45-70-66-32-18-21-35-78(66)86(3,4)82(70)50-59)60-41-46-71-68-42-37-54(47-80(68)87(5,6)83(71)51-60)73-52-75-64-30-16-14-28-62(64)74(53-76(75)63-29-15-13-27-61(63)73)55-38-43-72-67-33-19-22-36-79(67)88(84(72)48-55,56-23-9-7-10-24-56)57-25-11-8-12-26-57/h7-53H,1-6H3. The topological polar surface area (TPSA) is 3.24 Å². The maximum atomic E-state index is 2.53. The van der Waals surface area contributed by atoms with Gasteiger partial charge >= 0.3 is 0 Å². The van der Waals surface area contributed by atoms with Crippen molar-refractivity contribution in [3.8, 4) is 66.8 Å². The molecule has 14 aromatic rings. The normalized spacial score (nSPS) is 15.2. The molecule has 1 heteroatoms. The molecule has 0 aliphatic heterocycles. The maximum absolute atomic E-state index is 2.53. The highest BCUT2D eigenvalue weighted by atomic mass is 15.1. The Balaban J connectivity index is 0.766. The number of fused-ring (bicyclic) bond motifs is 17. The van der Waals surface area contributed by atoms with Crippen molar-refractivity contribution in [1.82, 2.24) is 0 Å². The molecule has 0 fully saturated rings. The summed E-state index contributed by atoms with van der Waals surface area (Å²) in [5.41, 5.74) is 31.3. The van der Waals surface area contributed by atoms with Crippen LogP contribution < -0.4 is 4.90 Å². The SMILES string of the molecule is CC1(C)c2ccccc2-c2ccc(N(c3ccc4c(c3)C(C)(C)c3ccccc3-4)c3ccc4c(c3)C(C)(C)c3cc(-c5cc6c7ccccc7c(-c7ccc8c(c7)C(c7ccccc7)(c7ccccc7)c7ccccc7-8)cc6c6ccccc56)ccc3-4)cc21. The first kappa shape index (κ1) is 51.8. The van der Waals surface area contributed by atoms with E-state index >= 15 is 0 Å². The second kappa shape index (κ2) is 18.6. The lowest BCUT2D eigenvalue weighted by Crippen LogP contribution is -2.28. The molecule has 4 aliphatic rings. The van der Waals surface area contributed by atoms with Gasteiger partial charge in [0.1, 0.15) is 0 Å². The first-order chi connectivity index (χ1) is 43.4. The van der Waals surface area contributed by atoms with Gasteiger partial charge in [-0.2, -0.15) is 0 Å². The minimum atomic E-state index is -0.491. The quantitative estimate of drug-likeness (QED) is 0.144. The van der Waals surface area contributed by atoms with E-state index in [9.17, 15) is 0 Å². The average Bonchev–Trinajstić information content (AvgIpc) is 1.66. The van der Waals surface area contributed by atoms with E-state index in [0.717, 1.165) is 5.69 Å². The van der Waals surface area contributed by atoms with Crippen molar-refractivity contribution in [3.05, 3.63) is 341 Å². The summed E-state index contributed by atoms with van der Waals surface area (Å²) < 4.78 is 0. The average molecular weight is 1140 g/mol. The number of hydrogen-bond acceptors (Lipinski definition) is 1. The van der Waals surface area contributed by atoms with Gasteiger partial charge in [0, 0.05) is 33.3 Å². The van der Waals surface area contributed by atoms with Gasteiger partial charge in [0.25, 0.3) is 0 Å². The van der Waals surface area contributed by atoms with Gasteiger partial charge in [-0.1, -0.05) is 266 Å². The number of rotatable bonds is 7. The van der Waals surface area contributed by atoms with E-state index < -0.39 is 5.41 Å². The summed E-state index contributed by atoms with van der Waals surface area (Å²) in [6.07, 6.45) is 0. The lowest BCUT2D eigenvalue weighted by molar-refractivity contribution is 0.659. The second-order valence-electron chi connectivity index (χ2n) is 27.1. The number of hydrogen-bond donors (Lipinski definition) is 0. The first-order valence-corrected chi connectivity index (χ1v) is 31.7. The van der Waals surface area contributed by atoms with Crippen LogP contribution in [-0.2, 0) is 21.7 Å². The molecule has 89 heavy (non-hydrogen) atoms. The monoisotopic (exact) mass is 1140 g/mol. The third-order valence-corrected chi connectivity index (χ3v) is 21.5. The van der Waals surface area contributed by atoms with Crippen LogP contribution in [0.3, 0.4) is 0 Å². The molecule has 0 bridgehead atoms. The second-order valence-corrected chi connectivity index (χ2v) is 27.1. The molecule has 0 radical (unpaired) electrons. The third kappa shape index (κ3) is 7.13. The molecule has 0 spiro atoms. The smallest absolute Gasteiger partial charge is 0.0713 e. The van der Waals surface area contributed by atoms with Crippen molar-refractivity contribution in [3.63, 3.8) is 0 Å². The largest absolute Gasteiger partial charge is 0.310 e. The van der Waals surface area contributed by atoms with Crippen LogP contribution in [0.15, 0.2) is 285 Å². The van der Waals surface area contributed by atoms with Gasteiger partial charge in [-0.3, -0.25) is 0 Å². The zero-order valence-corrected chi connectivity index (χ0v) is 51.1. The van der Waals surface area contributed by atoms with Gasteiger partial charge < -0.3 is 4.90 Å². The Morgan fingerprint density at radius 2 is 0.506 bits per heavy atom. The van der Waals surface area contributed by atoms with Crippen LogP contribution in [0.4, 0.5) is 17.1 Å². The van der Waals surface area contributed by atoms with Crippen molar-refractivity contribution < 1.29 is 0 Å². The van der Waals surface area contributed by atoms with Crippen molar-refractivity contribution in [1.29, 1.82) is 0 Å². The van der Waals surface area contributed by atoms with Gasteiger partial charge in [-0.15, -0.1) is 0 Å². The van der Waals surface area contributed by atoms with Gasteiger partial charge in [0.15, 0.2) is 0 Å². The van der Waals surface area contributed by atoms with E-state index in [1.165, 1.54) is 166 Å². The summed E-state index contributed by atoms with van der Waals surface area (Å²) >= 11 is 0. The van der Waals surface area contributed by atoms with E-state index in [0.29, 0.717) is 0 Å². The van der Waals surface area contributed by atoms with Crippen LogP contribution >= 0.6 is 0 Å². The molecule has 1 nitrogen and oxygen atoms in total. The summed E-state index contributed by atoms with van der Waals surface area (Å²) in [5, 5.41) is 7.55. The van der Waals surface area contributed by atoms with Gasteiger partial charge in [0.05, 0.1) is 5.41 Å². The van der Waals surface area contributed by atoms with Crippen molar-refractivity contribution >= 4 is 49.4 Å². The molecule has 18 rings (SSSR count). The summed E-state index contributed by atoms with van der Waals surface area (Å²) in [5.74, 6) is 0. The van der Waals surface area contributed by atoms with E-state index in [2.05, 4.69) is 332 Å². The fraction of sp³-hybridized carbons (Fsp3) is 0.114. The summed E-state index contributed by atoms with van der Waals surface area (Å²) in [6.45, 7) is 14.4. The molecule has 422 valence electrons. The Hall–Kier alpha value is -10.3. The van der Waals surface area contributed by atoms with Crippen LogP contribution in [0.25, 0.3) is 99.1 Å². The highest BCUT2D eigenvalue weighted by Gasteiger charge is 2.47. The number of nitrogens with zero attached hydrogens (tertiary/aromatic N) is 1. The van der Waals surface area contributed by atoms with E-state index in [4.69, 9.17) is 0 Å². The maximum Gasteiger partial charge on any atom is 0.0713 e. The summed E-state index contributed by atoms with van der Waals surface area (Å²) in [7, 11) is 0. The fourth-order valence-electron chi connectivity index (χ4n) is 17.2. The number of benzene rings is 14. The number of anilines is 3. The van der Waals surface area contributed by atoms with Crippen molar-refractivity contribution in [2.75, 3.05) is 4.90 Å². The molecule has 0 N–H and O–H groups in total. The van der Waals surface area contributed by atoms with Gasteiger partial charge in [-0.25, -0.2) is 0 Å². The van der Waals surface area contributed by atoms with Gasteiger partial charge in [-0.05, 0) is 215 Å². The molecular formula is C88H65N. The summed E-state index contributed by atoms with van der Waals surface area (Å²) in [6, 6.07) is 109. The Morgan fingerprint density at radius 1 is 0.202 bits per heavy atom. The highest BCUT2D eigenvalue weighted by Crippen LogP contribution is 2.59. The van der Waals surface area contributed by atoms with Crippen LogP contribution in [0.5, 0.6) is 0 Å². The molecule has 14 aromatic carbocycles. The van der Waals surface area contributed by atoms with Crippen LogP contribution in [0.2, 0.25) is 0 Å². The first-order valence-electron chi connectivity index (χ1n) is 31.7. The molecule has 0 saturated heterocycles. The van der Waals surface area contributed by atoms with Crippen LogP contribution in [-0.4, -0.2) is 0 Å². The Morgan fingerprint density at radius 3 is 0.944 bits per heavy atom. The Kier molecular flexibility index (Phi) is 10.8. The fourth-order valence-corrected chi connectivity index (χ4v) is 17.2. The molecule has 4 aliphatic carbocycles. The van der Waals surface area contributed by atoms with Gasteiger partial charge in [0.2, 0.25) is 0 Å². The molecule has 0 atom stereocenters. The summed E-state index contributed by atoms with van der Waals surface area (Å²) in [4.78, 5) is 2.53. The van der Waals surface area contributed by atoms with Crippen molar-refractivity contribution in [2.24, 2.45) is 0 Å². The predicted octanol–water partition coefficient (Wildman–Crippen LogP) is 23.2. The lowest BCUT2D eigenvalue weighted by atomic mass is 9.67. The van der Waals surface area contributed by atoms with Crippen LogP contribution in [0.1, 0.15) is 97.2 Å². The lowest BCUT2D eigenvalue weighted by Gasteiger charge is -2.34. The van der Waals surface area contributed by atoms with E-state index in [1.807, 2.05) is 0 Å². The molecule has 0 saturated carbocycles. The molecule has 0 amide bonds. The zero-order chi connectivity index (χ0) is 59.7. The third-order valence-electron chi connectivity index (χ3n) is 21.5. The van der Waals surface area contributed by atoms with Crippen LogP contribution in [0, 0.1) is 0 Å². The molecular weight excluding hydrogens is 1070 g/mol.